The summed E-state index contributed by atoms with van der Waals surface area (Å²) in [6, 6.07) is 2.05. The number of nitrogens with one attached hydrogen (secondary N) is 1. The molecule has 3 aromatic rings. The fraction of sp³-hybridized carbons (Fsp3) is 0.381. The number of aliphatic hydroxyl groups is 1. The maximum Gasteiger partial charge on any atom is 0.425 e. The topological polar surface area (TPSA) is 133 Å². The van der Waals surface area contributed by atoms with Crippen LogP contribution in [0.25, 0.3) is 5.82 Å². The molecular formula is C21H22F4N6O5. The Kier molecular flexibility index (Phi) is 7.62. The van der Waals surface area contributed by atoms with E-state index in [1.165, 1.54) is 19.4 Å². The van der Waals surface area contributed by atoms with Gasteiger partial charge in [0, 0.05) is 12.7 Å². The van der Waals surface area contributed by atoms with Crippen molar-refractivity contribution in [2.45, 2.75) is 46.2 Å². The monoisotopic (exact) mass is 514 g/mol. The second-order valence-electron chi connectivity index (χ2n) is 7.48. The lowest BCUT2D eigenvalue weighted by Crippen LogP contribution is -2.33. The number of aryl methyl sites for hydroxylation is 1. The number of hydrogen-bond acceptors (Lipinski definition) is 8. The number of anilines is 1. The summed E-state index contributed by atoms with van der Waals surface area (Å²) in [5.41, 5.74) is -0.914. The molecule has 0 saturated heterocycles. The van der Waals surface area contributed by atoms with Gasteiger partial charge in [-0.05, 0) is 38.5 Å². The molecule has 3 rings (SSSR count). The molecule has 2 N–H and O–H groups in total. The highest BCUT2D eigenvalue weighted by Crippen LogP contribution is 2.29. The van der Waals surface area contributed by atoms with Gasteiger partial charge in [-0.15, -0.1) is 5.10 Å². The molecule has 0 bridgehead atoms. The largest absolute Gasteiger partial charge is 0.480 e. The average molecular weight is 514 g/mol. The highest BCUT2D eigenvalue weighted by Gasteiger charge is 2.39. The first-order chi connectivity index (χ1) is 16.9. The van der Waals surface area contributed by atoms with Crippen LogP contribution in [-0.4, -0.2) is 54.7 Å². The third-order valence-electron chi connectivity index (χ3n) is 4.94. The van der Waals surface area contributed by atoms with Crippen LogP contribution >= 0.6 is 0 Å². The van der Waals surface area contributed by atoms with Crippen LogP contribution in [0.4, 0.5) is 23.2 Å². The van der Waals surface area contributed by atoms with Gasteiger partial charge in [-0.1, -0.05) is 0 Å². The lowest BCUT2D eigenvalue weighted by molar-refractivity contribution is -0.190. The molecule has 1 unspecified atom stereocenters. The summed E-state index contributed by atoms with van der Waals surface area (Å²) in [5, 5.41) is 15.6. The maximum atomic E-state index is 15.1. The Hall–Kier alpha value is -4.01. The number of rotatable bonds is 8. The van der Waals surface area contributed by atoms with E-state index in [9.17, 15) is 27.9 Å². The van der Waals surface area contributed by atoms with Crippen LogP contribution in [0.3, 0.4) is 0 Å². The predicted molar refractivity (Wildman–Crippen MR) is 117 cm³/mol. The van der Waals surface area contributed by atoms with Gasteiger partial charge in [-0.3, -0.25) is 9.36 Å². The lowest BCUT2D eigenvalue weighted by Gasteiger charge is -2.19. The van der Waals surface area contributed by atoms with E-state index in [-0.39, 0.29) is 23.9 Å². The van der Waals surface area contributed by atoms with Crippen LogP contribution in [0.1, 0.15) is 35.6 Å². The van der Waals surface area contributed by atoms with Crippen molar-refractivity contribution in [1.82, 2.24) is 24.3 Å². The molecule has 0 aliphatic heterocycles. The summed E-state index contributed by atoms with van der Waals surface area (Å²) in [6.07, 6.45) is -5.83. The molecule has 15 heteroatoms. The van der Waals surface area contributed by atoms with Gasteiger partial charge in [0.1, 0.15) is 17.9 Å². The number of pyridine rings is 2. The Bertz CT molecular complexity index is 1340. The third-order valence-corrected chi connectivity index (χ3v) is 4.94. The molecule has 0 aliphatic carbocycles. The normalized spacial score (nSPS) is 12.4. The van der Waals surface area contributed by atoms with Gasteiger partial charge in [0.05, 0.1) is 7.11 Å². The van der Waals surface area contributed by atoms with Crippen LogP contribution in [-0.2, 0) is 13.2 Å². The first-order valence-electron chi connectivity index (χ1n) is 10.5. The van der Waals surface area contributed by atoms with Crippen LogP contribution in [0.2, 0.25) is 0 Å². The molecule has 3 aromatic heterocycles. The summed E-state index contributed by atoms with van der Waals surface area (Å²) in [6.45, 7) is 3.31. The van der Waals surface area contributed by atoms with E-state index in [1.54, 1.807) is 13.8 Å². The van der Waals surface area contributed by atoms with Crippen molar-refractivity contribution in [3.05, 3.63) is 51.6 Å². The zero-order valence-corrected chi connectivity index (χ0v) is 19.6. The summed E-state index contributed by atoms with van der Waals surface area (Å²) in [5.74, 6) is -4.19. The highest BCUT2D eigenvalue weighted by molar-refractivity contribution is 6.06. The molecule has 1 amide bonds. The number of ether oxygens (including phenoxy) is 2. The molecule has 36 heavy (non-hydrogen) atoms. The number of carbonyl (C=O) groups is 1. The van der Waals surface area contributed by atoms with Crippen molar-refractivity contribution in [3.63, 3.8) is 0 Å². The Balaban J connectivity index is 2.15. The number of carbonyl (C=O) groups excluding carboxylic acids is 1. The van der Waals surface area contributed by atoms with Gasteiger partial charge in [-0.25, -0.2) is 14.2 Å². The van der Waals surface area contributed by atoms with E-state index in [4.69, 9.17) is 9.47 Å². The summed E-state index contributed by atoms with van der Waals surface area (Å²) >= 11 is 0. The van der Waals surface area contributed by atoms with Gasteiger partial charge in [-0.2, -0.15) is 22.8 Å². The molecule has 194 valence electrons. The fourth-order valence-electron chi connectivity index (χ4n) is 3.11. The number of aliphatic hydroxyl groups excluding tert-OH is 1. The van der Waals surface area contributed by atoms with Crippen LogP contribution < -0.4 is 20.5 Å². The van der Waals surface area contributed by atoms with Crippen molar-refractivity contribution >= 4 is 11.6 Å². The van der Waals surface area contributed by atoms with Crippen LogP contribution in [0.15, 0.2) is 23.1 Å². The molecule has 0 spiro atoms. The van der Waals surface area contributed by atoms with E-state index in [1.807, 2.05) is 0 Å². The zero-order valence-electron chi connectivity index (χ0n) is 19.6. The van der Waals surface area contributed by atoms with Gasteiger partial charge in [0.2, 0.25) is 11.8 Å². The fourth-order valence-corrected chi connectivity index (χ4v) is 3.11. The van der Waals surface area contributed by atoms with Gasteiger partial charge in [0.25, 0.3) is 5.91 Å². The smallest absolute Gasteiger partial charge is 0.425 e. The average Bonchev–Trinajstić information content (AvgIpc) is 3.14. The SMILES string of the molecule is CCn1c(CO)nn(-c2nc(OC(C)C(F)(F)F)c(C(=O)Nc3cc(C)cnc3OC)cc2F)c1=O. The number of halogens is 4. The standard InChI is InChI=1S/C21H22F4N6O5/c1-5-30-15(9-32)29-31(20(30)34)16-13(22)7-12(18(28-16)36-11(3)21(23,24)25)17(33)27-14-6-10(2)8-26-19(14)35-4/h6-8,11,32H,5,9H2,1-4H3,(H,27,33). The van der Waals surface area contributed by atoms with E-state index in [2.05, 4.69) is 20.4 Å². The lowest BCUT2D eigenvalue weighted by atomic mass is 10.2. The van der Waals surface area contributed by atoms with E-state index >= 15 is 4.39 Å². The molecule has 1 atom stereocenters. The van der Waals surface area contributed by atoms with Crippen molar-refractivity contribution < 1.29 is 36.9 Å². The maximum absolute atomic E-state index is 15.1. The highest BCUT2D eigenvalue weighted by atomic mass is 19.4. The van der Waals surface area contributed by atoms with Crippen molar-refractivity contribution in [2.75, 3.05) is 12.4 Å². The Labute approximate surface area is 201 Å². The second-order valence-corrected chi connectivity index (χ2v) is 7.48. The number of nitrogens with zero attached hydrogens (tertiary/aromatic N) is 5. The Morgan fingerprint density at radius 3 is 2.53 bits per heavy atom. The Morgan fingerprint density at radius 2 is 1.97 bits per heavy atom. The number of aromatic nitrogens is 5. The van der Waals surface area contributed by atoms with E-state index in [0.717, 1.165) is 4.57 Å². The summed E-state index contributed by atoms with van der Waals surface area (Å²) < 4.78 is 66.2. The molecule has 0 radical (unpaired) electrons. The molecule has 0 aromatic carbocycles. The Morgan fingerprint density at radius 1 is 1.28 bits per heavy atom. The first kappa shape index (κ1) is 26.6. The molecule has 0 fully saturated rings. The number of amides is 1. The minimum absolute atomic E-state index is 0.00156. The zero-order chi connectivity index (χ0) is 26.8. The van der Waals surface area contributed by atoms with Crippen LogP contribution in [0, 0.1) is 12.7 Å². The summed E-state index contributed by atoms with van der Waals surface area (Å²) in [4.78, 5) is 33.3. The molecular weight excluding hydrogens is 492 g/mol. The minimum atomic E-state index is -4.85. The van der Waals surface area contributed by atoms with Gasteiger partial charge < -0.3 is 19.9 Å². The third kappa shape index (κ3) is 5.30. The van der Waals surface area contributed by atoms with E-state index < -0.39 is 53.6 Å². The van der Waals surface area contributed by atoms with Crippen molar-refractivity contribution in [1.29, 1.82) is 0 Å². The number of methoxy groups -OCH3 is 1. The molecule has 0 saturated carbocycles. The first-order valence-corrected chi connectivity index (χ1v) is 10.5. The van der Waals surface area contributed by atoms with Gasteiger partial charge >= 0.3 is 11.9 Å². The predicted octanol–water partition coefficient (Wildman–Crippen LogP) is 2.37. The number of hydrogen-bond donors (Lipinski definition) is 2. The molecule has 11 nitrogen and oxygen atoms in total. The minimum Gasteiger partial charge on any atom is -0.480 e. The van der Waals surface area contributed by atoms with Gasteiger partial charge in [0.15, 0.2) is 23.6 Å². The second kappa shape index (κ2) is 10.3. The van der Waals surface area contributed by atoms with E-state index in [0.29, 0.717) is 23.2 Å². The van der Waals surface area contributed by atoms with Crippen molar-refractivity contribution in [2.24, 2.45) is 0 Å². The van der Waals surface area contributed by atoms with Crippen LogP contribution in [0.5, 0.6) is 11.8 Å². The number of alkyl halides is 3. The quantitative estimate of drug-likeness (QED) is 0.438. The van der Waals surface area contributed by atoms with Crippen molar-refractivity contribution in [3.8, 4) is 17.6 Å². The molecule has 3 heterocycles. The molecule has 0 aliphatic rings. The summed E-state index contributed by atoms with van der Waals surface area (Å²) in [7, 11) is 1.29.